The summed E-state index contributed by atoms with van der Waals surface area (Å²) < 4.78 is 33.2. The van der Waals surface area contributed by atoms with Crippen molar-refractivity contribution in [3.8, 4) is 5.75 Å². The van der Waals surface area contributed by atoms with Crippen LogP contribution in [0.25, 0.3) is 0 Å². The number of hydrogen-bond acceptors (Lipinski definition) is 5. The van der Waals surface area contributed by atoms with Gasteiger partial charge in [-0.05, 0) is 24.6 Å². The lowest BCUT2D eigenvalue weighted by molar-refractivity contribution is 0.230. The maximum atomic E-state index is 11.7. The van der Waals surface area contributed by atoms with Gasteiger partial charge in [-0.15, -0.1) is 0 Å². The summed E-state index contributed by atoms with van der Waals surface area (Å²) in [6, 6.07) is 4.66. The molecule has 5 nitrogen and oxygen atoms in total. The molecule has 1 aliphatic rings. The summed E-state index contributed by atoms with van der Waals surface area (Å²) >= 11 is 0. The molecule has 1 unspecified atom stereocenters. The fraction of sp³-hybridized carbons (Fsp3) is 0.417. The third-order valence-corrected chi connectivity index (χ3v) is 4.64. The van der Waals surface area contributed by atoms with Gasteiger partial charge in [-0.2, -0.15) is 0 Å². The number of sulfone groups is 1. The van der Waals surface area contributed by atoms with Gasteiger partial charge >= 0.3 is 6.47 Å². The van der Waals surface area contributed by atoms with Gasteiger partial charge in [0, 0.05) is 5.56 Å². The standard InChI is InChI=1S/C12H13O5S/c1-2-3-6-16-9-4-5-11-10(7-9)12(17-8-13)18(11,14)15/h4-5,7,12H,2-3,6H2,1H3. The number of ether oxygens (including phenoxy) is 2. The van der Waals surface area contributed by atoms with Crippen LogP contribution < -0.4 is 4.74 Å². The molecule has 0 amide bonds. The van der Waals surface area contributed by atoms with Crippen molar-refractivity contribution < 1.29 is 22.7 Å². The summed E-state index contributed by atoms with van der Waals surface area (Å²) in [5.74, 6) is 0.580. The zero-order chi connectivity index (χ0) is 13.2. The van der Waals surface area contributed by atoms with Gasteiger partial charge in [0.15, 0.2) is 0 Å². The van der Waals surface area contributed by atoms with Crippen molar-refractivity contribution in [2.24, 2.45) is 0 Å². The first-order chi connectivity index (χ1) is 8.61. The third-order valence-electron chi connectivity index (χ3n) is 2.75. The Morgan fingerprint density at radius 2 is 2.17 bits per heavy atom. The van der Waals surface area contributed by atoms with Gasteiger partial charge < -0.3 is 9.47 Å². The summed E-state index contributed by atoms with van der Waals surface area (Å²) in [5, 5.41) is 0. The zero-order valence-corrected chi connectivity index (χ0v) is 10.7. The molecule has 0 aliphatic carbocycles. The number of hydrogen-bond donors (Lipinski definition) is 0. The van der Waals surface area contributed by atoms with Crippen LogP contribution in [0, 0.1) is 0 Å². The lowest BCUT2D eigenvalue weighted by atomic mass is 10.2. The molecule has 6 heteroatoms. The Bertz CT molecular complexity index is 550. The molecule has 97 valence electrons. The Labute approximate surface area is 106 Å². The molecule has 18 heavy (non-hydrogen) atoms. The Morgan fingerprint density at radius 1 is 1.39 bits per heavy atom. The van der Waals surface area contributed by atoms with Crippen molar-refractivity contribution in [1.82, 2.24) is 0 Å². The van der Waals surface area contributed by atoms with Gasteiger partial charge in [0.05, 0.1) is 11.5 Å². The molecule has 1 atom stereocenters. The largest absolute Gasteiger partial charge is 0.494 e. The molecule has 0 aromatic heterocycles. The van der Waals surface area contributed by atoms with Crippen molar-refractivity contribution >= 4 is 16.3 Å². The molecule has 1 radical (unpaired) electrons. The molecule has 1 aromatic carbocycles. The SMILES string of the molecule is CCCCOc1ccc2c(c1)C(O[C]=O)S2(=O)=O. The molecule has 0 saturated carbocycles. The van der Waals surface area contributed by atoms with Crippen LogP contribution in [0.2, 0.25) is 0 Å². The first-order valence-corrected chi connectivity index (χ1v) is 7.19. The summed E-state index contributed by atoms with van der Waals surface area (Å²) in [7, 11) is -3.53. The quantitative estimate of drug-likeness (QED) is 0.736. The molecular formula is C12H13O5S. The predicted molar refractivity (Wildman–Crippen MR) is 63.6 cm³/mol. The van der Waals surface area contributed by atoms with Crippen molar-refractivity contribution in [2.75, 3.05) is 6.61 Å². The summed E-state index contributed by atoms with van der Waals surface area (Å²) in [5.41, 5.74) is -0.785. The van der Waals surface area contributed by atoms with E-state index in [0.29, 0.717) is 17.9 Å². The van der Waals surface area contributed by atoms with E-state index in [4.69, 9.17) is 4.74 Å². The predicted octanol–water partition coefficient (Wildman–Crippen LogP) is 1.74. The topological polar surface area (TPSA) is 69.7 Å². The van der Waals surface area contributed by atoms with Crippen molar-refractivity contribution in [3.05, 3.63) is 23.8 Å². The smallest absolute Gasteiger partial charge is 0.419 e. The minimum Gasteiger partial charge on any atom is -0.494 e. The van der Waals surface area contributed by atoms with Gasteiger partial charge in [0.2, 0.25) is 15.3 Å². The minimum absolute atomic E-state index is 0.186. The maximum absolute atomic E-state index is 11.7. The van der Waals surface area contributed by atoms with Crippen molar-refractivity contribution in [2.45, 2.75) is 30.1 Å². The average Bonchev–Trinajstić information content (AvgIpc) is 2.36. The van der Waals surface area contributed by atoms with Gasteiger partial charge in [-0.1, -0.05) is 13.3 Å². The van der Waals surface area contributed by atoms with Crippen LogP contribution in [0.1, 0.15) is 30.8 Å². The van der Waals surface area contributed by atoms with Gasteiger partial charge in [0.25, 0.3) is 0 Å². The monoisotopic (exact) mass is 269 g/mol. The second-order valence-electron chi connectivity index (χ2n) is 3.98. The lowest BCUT2D eigenvalue weighted by Gasteiger charge is -2.27. The number of benzene rings is 1. The first-order valence-electron chi connectivity index (χ1n) is 5.64. The van der Waals surface area contributed by atoms with E-state index >= 15 is 0 Å². The number of rotatable bonds is 6. The van der Waals surface area contributed by atoms with Gasteiger partial charge in [-0.3, -0.25) is 0 Å². The normalized spacial score (nSPS) is 19.5. The Kier molecular flexibility index (Phi) is 3.56. The molecule has 1 aromatic rings. The lowest BCUT2D eigenvalue weighted by Crippen LogP contribution is -2.28. The molecule has 0 bridgehead atoms. The fourth-order valence-electron chi connectivity index (χ4n) is 1.79. The molecule has 0 N–H and O–H groups in total. The molecule has 0 saturated heterocycles. The molecule has 1 aliphatic heterocycles. The van der Waals surface area contributed by atoms with Crippen LogP contribution in [-0.4, -0.2) is 21.5 Å². The Morgan fingerprint density at radius 3 is 2.83 bits per heavy atom. The van der Waals surface area contributed by atoms with E-state index < -0.39 is 15.3 Å². The minimum atomic E-state index is -3.53. The van der Waals surface area contributed by atoms with Crippen LogP contribution in [-0.2, 0) is 19.4 Å². The van der Waals surface area contributed by atoms with Crippen molar-refractivity contribution in [1.29, 1.82) is 0 Å². The van der Waals surface area contributed by atoms with E-state index in [-0.39, 0.29) is 4.90 Å². The zero-order valence-electron chi connectivity index (χ0n) is 9.88. The molecular weight excluding hydrogens is 256 g/mol. The second kappa shape index (κ2) is 4.97. The van der Waals surface area contributed by atoms with E-state index in [1.807, 2.05) is 0 Å². The highest BCUT2D eigenvalue weighted by Crippen LogP contribution is 2.45. The summed E-state index contributed by atoms with van der Waals surface area (Å²) in [4.78, 5) is 10.3. The summed E-state index contributed by atoms with van der Waals surface area (Å²) in [6.45, 7) is 3.80. The average molecular weight is 269 g/mol. The van der Waals surface area contributed by atoms with Gasteiger partial charge in [-0.25, -0.2) is 13.2 Å². The van der Waals surface area contributed by atoms with Crippen LogP contribution in [0.3, 0.4) is 0 Å². The number of carbonyl (C=O) groups excluding carboxylic acids is 1. The second-order valence-corrected chi connectivity index (χ2v) is 5.94. The van der Waals surface area contributed by atoms with Crippen LogP contribution in [0.15, 0.2) is 23.1 Å². The Hall–Kier alpha value is -1.56. The van der Waals surface area contributed by atoms with Crippen LogP contribution in [0.4, 0.5) is 0 Å². The number of fused-ring (bicyclic) bond motifs is 1. The van der Waals surface area contributed by atoms with Crippen LogP contribution >= 0.6 is 0 Å². The van der Waals surface area contributed by atoms with E-state index in [2.05, 4.69) is 11.7 Å². The molecule has 1 heterocycles. The highest BCUT2D eigenvalue weighted by atomic mass is 32.2. The Balaban J connectivity index is 2.20. The molecule has 0 spiro atoms. The maximum Gasteiger partial charge on any atom is 0.419 e. The first kappa shape index (κ1) is 12.9. The third kappa shape index (κ3) is 2.08. The van der Waals surface area contributed by atoms with E-state index in [9.17, 15) is 13.2 Å². The van der Waals surface area contributed by atoms with Gasteiger partial charge in [0.1, 0.15) is 5.75 Å². The van der Waals surface area contributed by atoms with Crippen LogP contribution in [0.5, 0.6) is 5.75 Å². The van der Waals surface area contributed by atoms with E-state index in [1.165, 1.54) is 12.5 Å². The summed E-state index contributed by atoms with van der Waals surface area (Å²) in [6.07, 6.45) is 1.95. The molecule has 2 rings (SSSR count). The fourth-order valence-corrected chi connectivity index (χ4v) is 3.28. The highest BCUT2D eigenvalue weighted by Gasteiger charge is 2.45. The van der Waals surface area contributed by atoms with Crippen molar-refractivity contribution in [3.63, 3.8) is 0 Å². The number of unbranched alkanes of at least 4 members (excludes halogenated alkanes) is 1. The van der Waals surface area contributed by atoms with E-state index in [0.717, 1.165) is 12.8 Å². The highest BCUT2D eigenvalue weighted by molar-refractivity contribution is 7.93. The molecule has 0 fully saturated rings. The van der Waals surface area contributed by atoms with E-state index in [1.54, 1.807) is 12.1 Å².